The minimum atomic E-state index is -0.307. The molecule has 19 heavy (non-hydrogen) atoms. The van der Waals surface area contributed by atoms with Crippen LogP contribution in [0.4, 0.5) is 5.69 Å². The second-order valence-corrected chi connectivity index (χ2v) is 5.03. The van der Waals surface area contributed by atoms with Crippen molar-refractivity contribution in [3.8, 4) is 0 Å². The van der Waals surface area contributed by atoms with Crippen molar-refractivity contribution < 1.29 is 9.53 Å². The summed E-state index contributed by atoms with van der Waals surface area (Å²) in [5.74, 6) is 0.348. The Hall–Kier alpha value is -1.39. The fraction of sp³-hybridized carbons (Fsp3) is 0.533. The molecule has 0 aromatic heterocycles. The monoisotopic (exact) mass is 262 g/mol. The van der Waals surface area contributed by atoms with Crippen LogP contribution in [0.5, 0.6) is 0 Å². The average molecular weight is 262 g/mol. The lowest BCUT2D eigenvalue weighted by Crippen LogP contribution is -2.42. The van der Waals surface area contributed by atoms with Gasteiger partial charge in [0.2, 0.25) is 0 Å². The Kier molecular flexibility index (Phi) is 4.93. The van der Waals surface area contributed by atoms with Crippen LogP contribution in [-0.2, 0) is 9.53 Å². The topological polar surface area (TPSA) is 55.6 Å². The number of para-hydroxylation sites is 1. The number of ether oxygens (including phenoxy) is 1. The number of rotatable bonds is 5. The van der Waals surface area contributed by atoms with E-state index in [1.165, 1.54) is 0 Å². The number of carbonyl (C=O) groups excluding carboxylic acids is 1. The average Bonchev–Trinajstić information content (AvgIpc) is 2.86. The lowest BCUT2D eigenvalue weighted by molar-refractivity contribution is -0.128. The zero-order valence-corrected chi connectivity index (χ0v) is 11.4. The van der Waals surface area contributed by atoms with E-state index in [4.69, 9.17) is 10.5 Å². The zero-order chi connectivity index (χ0) is 13.7. The summed E-state index contributed by atoms with van der Waals surface area (Å²) in [6.07, 6.45) is 1.44. The molecule has 0 aliphatic carbocycles. The number of carbonyl (C=O) groups is 1. The highest BCUT2D eigenvalue weighted by molar-refractivity contribution is 5.96. The predicted octanol–water partition coefficient (Wildman–Crippen LogP) is 1.79. The fourth-order valence-corrected chi connectivity index (χ4v) is 2.39. The molecule has 0 radical (unpaired) electrons. The first kappa shape index (κ1) is 14.0. The van der Waals surface area contributed by atoms with Gasteiger partial charge >= 0.3 is 0 Å². The number of nitrogens with two attached hydrogens (primary N) is 1. The molecule has 1 aromatic carbocycles. The van der Waals surface area contributed by atoms with E-state index in [1.807, 2.05) is 30.3 Å². The molecule has 1 heterocycles. The van der Waals surface area contributed by atoms with Gasteiger partial charge < -0.3 is 15.4 Å². The van der Waals surface area contributed by atoms with Crippen molar-refractivity contribution in [2.24, 2.45) is 11.7 Å². The summed E-state index contributed by atoms with van der Waals surface area (Å²) in [6.45, 7) is 3.97. The molecule has 1 aliphatic rings. The number of benzene rings is 1. The van der Waals surface area contributed by atoms with E-state index < -0.39 is 0 Å². The molecule has 2 rings (SSSR count). The molecular formula is C15H22N2O2. The predicted molar refractivity (Wildman–Crippen MR) is 76.0 cm³/mol. The van der Waals surface area contributed by atoms with Gasteiger partial charge in [-0.2, -0.15) is 0 Å². The van der Waals surface area contributed by atoms with Crippen molar-refractivity contribution in [3.63, 3.8) is 0 Å². The largest absolute Gasteiger partial charge is 0.368 e. The number of anilines is 1. The molecule has 0 saturated carbocycles. The van der Waals surface area contributed by atoms with Crippen LogP contribution in [0.3, 0.4) is 0 Å². The quantitative estimate of drug-likeness (QED) is 0.880. The SMILES string of the molecule is CC1CCOC1C(=O)N(CCCN)c1ccccc1. The van der Waals surface area contributed by atoms with Gasteiger partial charge in [-0.3, -0.25) is 4.79 Å². The second kappa shape index (κ2) is 6.68. The summed E-state index contributed by atoms with van der Waals surface area (Å²) in [7, 11) is 0. The molecule has 0 spiro atoms. The molecule has 2 N–H and O–H groups in total. The highest BCUT2D eigenvalue weighted by Gasteiger charge is 2.34. The zero-order valence-electron chi connectivity index (χ0n) is 11.4. The third kappa shape index (κ3) is 3.33. The molecule has 1 amide bonds. The summed E-state index contributed by atoms with van der Waals surface area (Å²) in [6, 6.07) is 9.74. The van der Waals surface area contributed by atoms with E-state index in [0.29, 0.717) is 19.7 Å². The van der Waals surface area contributed by atoms with Gasteiger partial charge in [-0.25, -0.2) is 0 Å². The van der Waals surface area contributed by atoms with E-state index in [-0.39, 0.29) is 17.9 Å². The Balaban J connectivity index is 2.15. The molecule has 4 nitrogen and oxygen atoms in total. The van der Waals surface area contributed by atoms with Crippen LogP contribution in [0, 0.1) is 5.92 Å². The number of hydrogen-bond donors (Lipinski definition) is 1. The fourth-order valence-electron chi connectivity index (χ4n) is 2.39. The molecule has 2 unspecified atom stereocenters. The first-order chi connectivity index (χ1) is 9.24. The molecule has 4 heteroatoms. The molecule has 1 saturated heterocycles. The normalized spacial score (nSPS) is 22.4. The van der Waals surface area contributed by atoms with E-state index >= 15 is 0 Å². The van der Waals surface area contributed by atoms with Gasteiger partial charge in [-0.05, 0) is 37.4 Å². The van der Waals surface area contributed by atoms with Crippen LogP contribution >= 0.6 is 0 Å². The lowest BCUT2D eigenvalue weighted by Gasteiger charge is -2.26. The highest BCUT2D eigenvalue weighted by Crippen LogP contribution is 2.24. The van der Waals surface area contributed by atoms with Crippen LogP contribution in [-0.4, -0.2) is 31.7 Å². The second-order valence-electron chi connectivity index (χ2n) is 5.03. The molecule has 1 aliphatic heterocycles. The smallest absolute Gasteiger partial charge is 0.256 e. The van der Waals surface area contributed by atoms with Crippen LogP contribution < -0.4 is 10.6 Å². The van der Waals surface area contributed by atoms with Crippen molar-refractivity contribution in [2.45, 2.75) is 25.9 Å². The molecule has 1 aromatic rings. The van der Waals surface area contributed by atoms with E-state index in [2.05, 4.69) is 6.92 Å². The van der Waals surface area contributed by atoms with Crippen molar-refractivity contribution in [1.82, 2.24) is 0 Å². The van der Waals surface area contributed by atoms with Crippen LogP contribution in [0.15, 0.2) is 30.3 Å². The van der Waals surface area contributed by atoms with Crippen LogP contribution in [0.25, 0.3) is 0 Å². The number of amides is 1. The van der Waals surface area contributed by atoms with Gasteiger partial charge in [0, 0.05) is 18.8 Å². The Morgan fingerprint density at radius 3 is 2.74 bits per heavy atom. The van der Waals surface area contributed by atoms with Gasteiger partial charge in [0.1, 0.15) is 6.10 Å². The number of hydrogen-bond acceptors (Lipinski definition) is 3. The summed E-state index contributed by atoms with van der Waals surface area (Å²) < 4.78 is 5.59. The lowest BCUT2D eigenvalue weighted by atomic mass is 10.0. The van der Waals surface area contributed by atoms with E-state index in [9.17, 15) is 4.79 Å². The van der Waals surface area contributed by atoms with Crippen LogP contribution in [0.1, 0.15) is 19.8 Å². The minimum Gasteiger partial charge on any atom is -0.368 e. The Morgan fingerprint density at radius 2 is 2.16 bits per heavy atom. The molecular weight excluding hydrogens is 240 g/mol. The summed E-state index contributed by atoms with van der Waals surface area (Å²) in [5.41, 5.74) is 6.49. The van der Waals surface area contributed by atoms with Gasteiger partial charge in [0.05, 0.1) is 0 Å². The third-order valence-electron chi connectivity index (χ3n) is 3.55. The molecule has 1 fully saturated rings. The van der Waals surface area contributed by atoms with Crippen molar-refractivity contribution >= 4 is 11.6 Å². The maximum Gasteiger partial charge on any atom is 0.256 e. The maximum atomic E-state index is 12.6. The van der Waals surface area contributed by atoms with Gasteiger partial charge in [-0.15, -0.1) is 0 Å². The third-order valence-corrected chi connectivity index (χ3v) is 3.55. The van der Waals surface area contributed by atoms with Crippen molar-refractivity contribution in [1.29, 1.82) is 0 Å². The van der Waals surface area contributed by atoms with E-state index in [0.717, 1.165) is 18.5 Å². The first-order valence-corrected chi connectivity index (χ1v) is 6.92. The maximum absolute atomic E-state index is 12.6. The minimum absolute atomic E-state index is 0.0599. The Morgan fingerprint density at radius 1 is 1.42 bits per heavy atom. The van der Waals surface area contributed by atoms with Gasteiger partial charge in [0.15, 0.2) is 0 Å². The molecule has 2 atom stereocenters. The summed E-state index contributed by atoms with van der Waals surface area (Å²) in [5, 5.41) is 0. The number of nitrogens with zero attached hydrogens (tertiary/aromatic N) is 1. The van der Waals surface area contributed by atoms with Gasteiger partial charge in [-0.1, -0.05) is 25.1 Å². The highest BCUT2D eigenvalue weighted by atomic mass is 16.5. The molecule has 0 bridgehead atoms. The van der Waals surface area contributed by atoms with E-state index in [1.54, 1.807) is 4.90 Å². The summed E-state index contributed by atoms with van der Waals surface area (Å²) in [4.78, 5) is 14.4. The standard InChI is InChI=1S/C15H22N2O2/c1-12-8-11-19-14(12)15(18)17(10-5-9-16)13-6-3-2-4-7-13/h2-4,6-7,12,14H,5,8-11,16H2,1H3. The van der Waals surface area contributed by atoms with Gasteiger partial charge in [0.25, 0.3) is 5.91 Å². The summed E-state index contributed by atoms with van der Waals surface area (Å²) >= 11 is 0. The Bertz CT molecular complexity index is 408. The van der Waals surface area contributed by atoms with Crippen molar-refractivity contribution in [2.75, 3.05) is 24.6 Å². The first-order valence-electron chi connectivity index (χ1n) is 6.92. The van der Waals surface area contributed by atoms with Crippen molar-refractivity contribution in [3.05, 3.63) is 30.3 Å². The molecule has 104 valence electrons. The van der Waals surface area contributed by atoms with Crippen LogP contribution in [0.2, 0.25) is 0 Å². The Labute approximate surface area is 114 Å².